The van der Waals surface area contributed by atoms with Crippen LogP contribution in [0.25, 0.3) is 21.6 Å². The molecular weight excluding hydrogens is 416 g/mol. The second-order valence-corrected chi connectivity index (χ2v) is 8.36. The Balaban J connectivity index is 1.43. The fraction of sp³-hybridized carbons (Fsp3) is 0.111. The number of hydrogen-bond acceptors (Lipinski definition) is 7. The van der Waals surface area contributed by atoms with Crippen LogP contribution in [0.5, 0.6) is 0 Å². The number of thiazole rings is 1. The maximum absolute atomic E-state index is 12.3. The van der Waals surface area contributed by atoms with Crippen LogP contribution in [0.4, 0.5) is 5.13 Å². The van der Waals surface area contributed by atoms with Crippen molar-refractivity contribution in [3.8, 4) is 11.4 Å². The van der Waals surface area contributed by atoms with Crippen molar-refractivity contribution in [3.05, 3.63) is 53.1 Å². The molecule has 0 spiro atoms. The van der Waals surface area contributed by atoms with Crippen LogP contribution in [0.2, 0.25) is 5.02 Å². The number of halogens is 1. The number of benzene rings is 2. The van der Waals surface area contributed by atoms with Gasteiger partial charge in [-0.15, -0.1) is 10.2 Å². The SMILES string of the molecule is Cc1ccc2nc(NC(=O)CSc3nnc(-c4ccccc4Cl)n3N)sc2c1. The Bertz CT molecular complexity index is 1170. The van der Waals surface area contributed by atoms with Gasteiger partial charge in [0.25, 0.3) is 0 Å². The molecule has 28 heavy (non-hydrogen) atoms. The van der Waals surface area contributed by atoms with E-state index in [-0.39, 0.29) is 11.7 Å². The number of rotatable bonds is 5. The van der Waals surface area contributed by atoms with Crippen LogP contribution in [0.3, 0.4) is 0 Å². The number of nitrogens with two attached hydrogens (primary N) is 1. The second kappa shape index (κ2) is 7.78. The van der Waals surface area contributed by atoms with Crippen molar-refractivity contribution in [1.29, 1.82) is 0 Å². The highest BCUT2D eigenvalue weighted by molar-refractivity contribution is 7.99. The van der Waals surface area contributed by atoms with E-state index in [2.05, 4.69) is 20.5 Å². The van der Waals surface area contributed by atoms with E-state index in [1.807, 2.05) is 43.3 Å². The third-order valence-electron chi connectivity index (χ3n) is 3.90. The maximum Gasteiger partial charge on any atom is 0.236 e. The fourth-order valence-electron chi connectivity index (χ4n) is 2.57. The van der Waals surface area contributed by atoms with Crippen LogP contribution in [0, 0.1) is 6.92 Å². The molecule has 4 aromatic rings. The minimum atomic E-state index is -0.192. The van der Waals surface area contributed by atoms with Crippen LogP contribution in [-0.4, -0.2) is 31.5 Å². The third-order valence-corrected chi connectivity index (χ3v) is 6.11. The van der Waals surface area contributed by atoms with Gasteiger partial charge in [0.2, 0.25) is 11.1 Å². The Hall–Kier alpha value is -2.62. The monoisotopic (exact) mass is 430 g/mol. The van der Waals surface area contributed by atoms with Crippen LogP contribution in [0.15, 0.2) is 47.6 Å². The lowest BCUT2D eigenvalue weighted by Crippen LogP contribution is -2.16. The lowest BCUT2D eigenvalue weighted by atomic mass is 10.2. The standard InChI is InChI=1S/C18H15ClN6OS2/c1-10-6-7-13-14(8-10)28-17(21-13)22-15(26)9-27-18-24-23-16(25(18)20)11-4-2-3-5-12(11)19/h2-8H,9,20H2,1H3,(H,21,22,26). The lowest BCUT2D eigenvalue weighted by molar-refractivity contribution is -0.113. The van der Waals surface area contributed by atoms with Crippen LogP contribution in [0.1, 0.15) is 5.56 Å². The zero-order valence-corrected chi connectivity index (χ0v) is 17.1. The number of aromatic nitrogens is 4. The van der Waals surface area contributed by atoms with Crippen molar-refractivity contribution in [1.82, 2.24) is 19.9 Å². The number of nitrogens with one attached hydrogen (secondary N) is 1. The van der Waals surface area contributed by atoms with E-state index in [0.717, 1.165) is 15.8 Å². The molecule has 1 amide bonds. The first-order valence-electron chi connectivity index (χ1n) is 8.26. The quantitative estimate of drug-likeness (QED) is 0.367. The molecule has 7 nitrogen and oxygen atoms in total. The summed E-state index contributed by atoms with van der Waals surface area (Å²) in [6.07, 6.45) is 0. The number of fused-ring (bicyclic) bond motifs is 1. The van der Waals surface area contributed by atoms with Gasteiger partial charge >= 0.3 is 0 Å². The number of carbonyl (C=O) groups excluding carboxylic acids is 1. The number of hydrogen-bond donors (Lipinski definition) is 2. The summed E-state index contributed by atoms with van der Waals surface area (Å²) in [5, 5.41) is 12.5. The Morgan fingerprint density at radius 3 is 2.93 bits per heavy atom. The van der Waals surface area contributed by atoms with Gasteiger partial charge in [0, 0.05) is 5.56 Å². The number of nitrogens with zero attached hydrogens (tertiary/aromatic N) is 4. The summed E-state index contributed by atoms with van der Waals surface area (Å²) < 4.78 is 2.37. The number of carbonyl (C=O) groups is 1. The van der Waals surface area contributed by atoms with E-state index in [4.69, 9.17) is 17.4 Å². The summed E-state index contributed by atoms with van der Waals surface area (Å²) in [4.78, 5) is 16.7. The summed E-state index contributed by atoms with van der Waals surface area (Å²) in [5.74, 6) is 6.46. The molecule has 0 aliphatic rings. The lowest BCUT2D eigenvalue weighted by Gasteiger charge is -2.05. The van der Waals surface area contributed by atoms with Crippen LogP contribution < -0.4 is 11.2 Å². The molecular formula is C18H15ClN6OS2. The first-order valence-corrected chi connectivity index (χ1v) is 10.4. The van der Waals surface area contributed by atoms with Crippen LogP contribution >= 0.6 is 34.7 Å². The molecule has 0 saturated carbocycles. The van der Waals surface area contributed by atoms with Crippen molar-refractivity contribution < 1.29 is 4.79 Å². The predicted octanol–water partition coefficient (Wildman–Crippen LogP) is 3.96. The first kappa shape index (κ1) is 18.7. The molecule has 10 heteroatoms. The predicted molar refractivity (Wildman–Crippen MR) is 114 cm³/mol. The summed E-state index contributed by atoms with van der Waals surface area (Å²) in [5.41, 5.74) is 2.70. The van der Waals surface area contributed by atoms with Crippen molar-refractivity contribution in [2.24, 2.45) is 0 Å². The minimum absolute atomic E-state index is 0.132. The summed E-state index contributed by atoms with van der Waals surface area (Å²) in [7, 11) is 0. The number of anilines is 1. The molecule has 2 heterocycles. The number of aryl methyl sites for hydroxylation is 1. The van der Waals surface area contributed by atoms with E-state index >= 15 is 0 Å². The van der Waals surface area contributed by atoms with E-state index < -0.39 is 0 Å². The molecule has 2 aromatic carbocycles. The van der Waals surface area contributed by atoms with Gasteiger partial charge in [-0.3, -0.25) is 4.79 Å². The molecule has 2 aromatic heterocycles. The summed E-state index contributed by atoms with van der Waals surface area (Å²) in [6.45, 7) is 2.02. The highest BCUT2D eigenvalue weighted by Crippen LogP contribution is 2.29. The van der Waals surface area contributed by atoms with E-state index in [1.54, 1.807) is 6.07 Å². The zero-order chi connectivity index (χ0) is 19.7. The first-order chi connectivity index (χ1) is 13.5. The largest absolute Gasteiger partial charge is 0.335 e. The molecule has 0 aliphatic carbocycles. The Kier molecular flexibility index (Phi) is 5.21. The summed E-state index contributed by atoms with van der Waals surface area (Å²) in [6, 6.07) is 13.2. The number of amides is 1. The smallest absolute Gasteiger partial charge is 0.236 e. The van der Waals surface area contributed by atoms with E-state index in [9.17, 15) is 4.79 Å². The fourth-order valence-corrected chi connectivity index (χ4v) is 4.43. The molecule has 0 saturated heterocycles. The van der Waals surface area contributed by atoms with E-state index in [0.29, 0.717) is 26.7 Å². The summed E-state index contributed by atoms with van der Waals surface area (Å²) >= 11 is 8.82. The Morgan fingerprint density at radius 1 is 1.29 bits per heavy atom. The van der Waals surface area contributed by atoms with Crippen LogP contribution in [-0.2, 0) is 4.79 Å². The molecule has 0 radical (unpaired) electrons. The maximum atomic E-state index is 12.3. The third kappa shape index (κ3) is 3.82. The molecule has 0 aliphatic heterocycles. The normalized spacial score (nSPS) is 11.1. The van der Waals surface area contributed by atoms with Crippen molar-refractivity contribution in [2.45, 2.75) is 12.1 Å². The molecule has 0 unspecified atom stereocenters. The van der Waals surface area contributed by atoms with E-state index in [1.165, 1.54) is 27.8 Å². The number of nitrogen functional groups attached to an aromatic ring is 1. The molecule has 4 rings (SSSR count). The minimum Gasteiger partial charge on any atom is -0.335 e. The average molecular weight is 431 g/mol. The molecule has 0 atom stereocenters. The zero-order valence-electron chi connectivity index (χ0n) is 14.7. The molecule has 3 N–H and O–H groups in total. The highest BCUT2D eigenvalue weighted by Gasteiger charge is 2.16. The van der Waals surface area contributed by atoms with Gasteiger partial charge in [0.05, 0.1) is 21.0 Å². The topological polar surface area (TPSA) is 98.7 Å². The molecule has 0 fully saturated rings. The van der Waals surface area contributed by atoms with Gasteiger partial charge in [-0.05, 0) is 36.8 Å². The van der Waals surface area contributed by atoms with Gasteiger partial charge in [-0.25, -0.2) is 9.66 Å². The van der Waals surface area contributed by atoms with Gasteiger partial charge in [0.15, 0.2) is 11.0 Å². The Labute approximate surface area is 173 Å². The molecule has 142 valence electrons. The van der Waals surface area contributed by atoms with Gasteiger partial charge < -0.3 is 11.2 Å². The van der Waals surface area contributed by atoms with Crippen molar-refractivity contribution in [3.63, 3.8) is 0 Å². The number of thioether (sulfide) groups is 1. The van der Waals surface area contributed by atoms with Gasteiger partial charge in [-0.1, -0.05) is 52.9 Å². The van der Waals surface area contributed by atoms with Crippen molar-refractivity contribution >= 4 is 56.0 Å². The molecule has 0 bridgehead atoms. The van der Waals surface area contributed by atoms with Gasteiger partial charge in [-0.2, -0.15) is 0 Å². The highest BCUT2D eigenvalue weighted by atomic mass is 35.5. The van der Waals surface area contributed by atoms with Crippen molar-refractivity contribution in [2.75, 3.05) is 16.9 Å². The average Bonchev–Trinajstić information content (AvgIpc) is 3.23. The Morgan fingerprint density at radius 2 is 2.11 bits per heavy atom. The second-order valence-electron chi connectivity index (χ2n) is 5.98. The van der Waals surface area contributed by atoms with Gasteiger partial charge in [0.1, 0.15) is 0 Å².